The van der Waals surface area contributed by atoms with E-state index in [1.165, 1.54) is 17.7 Å². The molecule has 0 radical (unpaired) electrons. The predicted molar refractivity (Wildman–Crippen MR) is 104 cm³/mol. The topological polar surface area (TPSA) is 56.3 Å². The molecule has 0 spiro atoms. The Labute approximate surface area is 172 Å². The lowest BCUT2D eigenvalue weighted by atomic mass is 10.1. The standard InChI is InChI=1S/C20H20F2N4O2.ClH/c1-11-5-13(12(2)28-11)7-25-8-17-19(9-25)27-10-18-20(23-24-26(17)18)15-4-3-14(21)6-16(15)22;/h3-6,17,19H,7-10H2,1-2H3;1H/t17-,19-;/m0./s1. The van der Waals surface area contributed by atoms with Crippen molar-refractivity contribution in [3.8, 4) is 11.3 Å². The number of furan rings is 1. The monoisotopic (exact) mass is 422 g/mol. The minimum Gasteiger partial charge on any atom is -0.466 e. The molecular weight excluding hydrogens is 402 g/mol. The fourth-order valence-electron chi connectivity index (χ4n) is 4.23. The molecule has 0 amide bonds. The number of hydrogen-bond donors (Lipinski definition) is 0. The molecule has 0 N–H and O–H groups in total. The number of fused-ring (bicyclic) bond motifs is 3. The van der Waals surface area contributed by atoms with Gasteiger partial charge in [-0.2, -0.15) is 0 Å². The number of aryl methyl sites for hydroxylation is 2. The van der Waals surface area contributed by atoms with Crippen LogP contribution in [0.4, 0.5) is 8.78 Å². The van der Waals surface area contributed by atoms with Crippen LogP contribution in [0.1, 0.15) is 28.8 Å². The Bertz CT molecular complexity index is 1050. The quantitative estimate of drug-likeness (QED) is 0.642. The van der Waals surface area contributed by atoms with Crippen molar-refractivity contribution >= 4 is 12.4 Å². The lowest BCUT2D eigenvalue weighted by Crippen LogP contribution is -2.32. The summed E-state index contributed by atoms with van der Waals surface area (Å²) in [6.07, 6.45) is 0.00780. The molecule has 1 fully saturated rings. The second kappa shape index (κ2) is 7.51. The maximum Gasteiger partial charge on any atom is 0.135 e. The number of aromatic nitrogens is 3. The van der Waals surface area contributed by atoms with Gasteiger partial charge < -0.3 is 9.15 Å². The average molecular weight is 423 g/mol. The SMILES string of the molecule is Cc1cc(CN2C[C@@H]3OCc4c(-c5ccc(F)cc5F)nnn4[C@H]3C2)c(C)o1.Cl. The number of nitrogens with zero attached hydrogens (tertiary/aromatic N) is 4. The lowest BCUT2D eigenvalue weighted by Gasteiger charge is -2.26. The van der Waals surface area contributed by atoms with Gasteiger partial charge in [0.2, 0.25) is 0 Å². The summed E-state index contributed by atoms with van der Waals surface area (Å²) in [6.45, 7) is 6.55. The Morgan fingerprint density at radius 1 is 1.17 bits per heavy atom. The first-order valence-electron chi connectivity index (χ1n) is 9.29. The Kier molecular flexibility index (Phi) is 5.18. The highest BCUT2D eigenvalue weighted by Gasteiger charge is 2.41. The van der Waals surface area contributed by atoms with Crippen LogP contribution >= 0.6 is 12.4 Å². The van der Waals surface area contributed by atoms with Gasteiger partial charge in [0.15, 0.2) is 0 Å². The van der Waals surface area contributed by atoms with Gasteiger partial charge in [0.1, 0.15) is 28.8 Å². The van der Waals surface area contributed by atoms with Crippen LogP contribution in [0.15, 0.2) is 28.7 Å². The first-order chi connectivity index (χ1) is 13.5. The van der Waals surface area contributed by atoms with Crippen LogP contribution in [0.25, 0.3) is 11.3 Å². The van der Waals surface area contributed by atoms with E-state index >= 15 is 0 Å². The van der Waals surface area contributed by atoms with Crippen LogP contribution in [0.2, 0.25) is 0 Å². The van der Waals surface area contributed by atoms with E-state index < -0.39 is 11.6 Å². The highest BCUT2D eigenvalue weighted by molar-refractivity contribution is 5.85. The second-order valence-corrected chi connectivity index (χ2v) is 7.50. The molecule has 4 heterocycles. The molecule has 2 aliphatic heterocycles. The number of halogens is 3. The third-order valence-electron chi connectivity index (χ3n) is 5.58. The molecule has 154 valence electrons. The molecule has 2 aromatic heterocycles. The molecule has 1 saturated heterocycles. The summed E-state index contributed by atoms with van der Waals surface area (Å²) in [6, 6.07) is 5.56. The summed E-state index contributed by atoms with van der Waals surface area (Å²) in [5.41, 5.74) is 2.55. The number of benzene rings is 1. The molecule has 1 aromatic carbocycles. The zero-order valence-corrected chi connectivity index (χ0v) is 16.9. The van der Waals surface area contributed by atoms with Gasteiger partial charge in [-0.1, -0.05) is 5.21 Å². The van der Waals surface area contributed by atoms with Crippen molar-refractivity contribution < 1.29 is 17.9 Å². The first-order valence-corrected chi connectivity index (χ1v) is 9.29. The average Bonchev–Trinajstić information content (AvgIpc) is 3.31. The zero-order valence-electron chi connectivity index (χ0n) is 16.1. The van der Waals surface area contributed by atoms with Crippen LogP contribution < -0.4 is 0 Å². The minimum atomic E-state index is -0.649. The number of hydrogen-bond acceptors (Lipinski definition) is 5. The maximum atomic E-state index is 14.2. The number of ether oxygens (including phenoxy) is 1. The van der Waals surface area contributed by atoms with Crippen LogP contribution in [0.5, 0.6) is 0 Å². The first kappa shape index (κ1) is 20.0. The summed E-state index contributed by atoms with van der Waals surface area (Å²) >= 11 is 0. The summed E-state index contributed by atoms with van der Waals surface area (Å²) in [5.74, 6) is 0.577. The molecule has 29 heavy (non-hydrogen) atoms. The van der Waals surface area contributed by atoms with E-state index in [0.717, 1.165) is 42.9 Å². The van der Waals surface area contributed by atoms with Crippen molar-refractivity contribution in [3.05, 3.63) is 58.7 Å². The van der Waals surface area contributed by atoms with Gasteiger partial charge in [-0.3, -0.25) is 4.90 Å². The molecule has 0 saturated carbocycles. The summed E-state index contributed by atoms with van der Waals surface area (Å²) in [4.78, 5) is 2.31. The zero-order chi connectivity index (χ0) is 19.4. The third-order valence-corrected chi connectivity index (χ3v) is 5.58. The Balaban J connectivity index is 0.00000205. The van der Waals surface area contributed by atoms with Gasteiger partial charge in [0.05, 0.1) is 24.4 Å². The normalized spacial score (nSPS) is 21.0. The fourth-order valence-corrected chi connectivity index (χ4v) is 4.23. The van der Waals surface area contributed by atoms with E-state index in [0.29, 0.717) is 12.3 Å². The van der Waals surface area contributed by atoms with E-state index in [1.807, 2.05) is 18.5 Å². The number of rotatable bonds is 3. The highest BCUT2D eigenvalue weighted by Crippen LogP contribution is 2.35. The minimum absolute atomic E-state index is 0. The summed E-state index contributed by atoms with van der Waals surface area (Å²) in [7, 11) is 0. The predicted octanol–water partition coefficient (Wildman–Crippen LogP) is 3.81. The van der Waals surface area contributed by atoms with Crippen LogP contribution in [-0.2, 0) is 17.9 Å². The van der Waals surface area contributed by atoms with Gasteiger partial charge in [0.25, 0.3) is 0 Å². The summed E-state index contributed by atoms with van der Waals surface area (Å²) in [5, 5.41) is 8.47. The Morgan fingerprint density at radius 2 is 2.00 bits per heavy atom. The van der Waals surface area contributed by atoms with Crippen LogP contribution in [0, 0.1) is 25.5 Å². The van der Waals surface area contributed by atoms with Crippen molar-refractivity contribution in [1.29, 1.82) is 0 Å². The Morgan fingerprint density at radius 3 is 2.72 bits per heavy atom. The van der Waals surface area contributed by atoms with Crippen molar-refractivity contribution in [2.75, 3.05) is 13.1 Å². The van der Waals surface area contributed by atoms with E-state index in [1.54, 1.807) is 0 Å². The fraction of sp³-hybridized carbons (Fsp3) is 0.400. The van der Waals surface area contributed by atoms with Crippen LogP contribution in [-0.4, -0.2) is 39.1 Å². The molecule has 2 aliphatic rings. The van der Waals surface area contributed by atoms with Gasteiger partial charge in [-0.05, 0) is 32.0 Å². The smallest absolute Gasteiger partial charge is 0.135 e. The number of likely N-dealkylation sites (tertiary alicyclic amines) is 1. The summed E-state index contributed by atoms with van der Waals surface area (Å²) < 4.78 is 41.0. The third kappa shape index (κ3) is 3.45. The highest BCUT2D eigenvalue weighted by atomic mass is 35.5. The molecule has 0 bridgehead atoms. The largest absolute Gasteiger partial charge is 0.466 e. The van der Waals surface area contributed by atoms with Gasteiger partial charge >= 0.3 is 0 Å². The van der Waals surface area contributed by atoms with Crippen molar-refractivity contribution in [2.24, 2.45) is 0 Å². The van der Waals surface area contributed by atoms with E-state index in [2.05, 4.69) is 21.3 Å². The van der Waals surface area contributed by atoms with E-state index in [4.69, 9.17) is 9.15 Å². The molecule has 0 aliphatic carbocycles. The molecule has 3 aromatic rings. The van der Waals surface area contributed by atoms with Gasteiger partial charge in [-0.25, -0.2) is 13.5 Å². The van der Waals surface area contributed by atoms with Gasteiger partial charge in [0, 0.05) is 36.8 Å². The van der Waals surface area contributed by atoms with Crippen molar-refractivity contribution in [1.82, 2.24) is 19.9 Å². The van der Waals surface area contributed by atoms with Crippen molar-refractivity contribution in [3.63, 3.8) is 0 Å². The molecule has 9 heteroatoms. The van der Waals surface area contributed by atoms with Gasteiger partial charge in [-0.15, -0.1) is 17.5 Å². The van der Waals surface area contributed by atoms with Crippen LogP contribution in [0.3, 0.4) is 0 Å². The second-order valence-electron chi connectivity index (χ2n) is 7.50. The van der Waals surface area contributed by atoms with E-state index in [9.17, 15) is 8.78 Å². The van der Waals surface area contributed by atoms with E-state index in [-0.39, 0.29) is 30.1 Å². The molecule has 2 atom stereocenters. The molecule has 0 unspecified atom stereocenters. The maximum absolute atomic E-state index is 14.2. The molecular formula is C20H21ClF2N4O2. The van der Waals surface area contributed by atoms with Crippen molar-refractivity contribution in [2.45, 2.75) is 39.1 Å². The lowest BCUT2D eigenvalue weighted by molar-refractivity contribution is -0.00495. The Hall–Kier alpha value is -2.29. The molecule has 5 rings (SSSR count). The molecule has 6 nitrogen and oxygen atoms in total.